The summed E-state index contributed by atoms with van der Waals surface area (Å²) in [5.74, 6) is -0.811. The van der Waals surface area contributed by atoms with Gasteiger partial charge in [-0.2, -0.15) is 0 Å². The van der Waals surface area contributed by atoms with E-state index in [1.807, 2.05) is 0 Å². The highest BCUT2D eigenvalue weighted by atomic mass is 31.2. The maximum absolute atomic E-state index is 12.8. The van der Waals surface area contributed by atoms with Crippen molar-refractivity contribution in [3.05, 3.63) is 85.1 Å². The topological polar surface area (TPSA) is 134 Å². The molecule has 0 rings (SSSR count). The molecule has 0 aliphatic carbocycles. The van der Waals surface area contributed by atoms with Gasteiger partial charge in [-0.1, -0.05) is 375 Å². The summed E-state index contributed by atoms with van der Waals surface area (Å²) in [5.41, 5.74) is 5.41. The maximum Gasteiger partial charge on any atom is 0.472 e. The SMILES string of the molecule is CC/C=C\C/C=C\C/C=C\C/C=C\C/C=C\C/C=C\C/C=C\CCCCCCCCCCCCCCCCCC(=O)OC(COC(=O)CCCCCCCCCCCCCCCCCCCCCCCCCCCCCCCCC)COP(=O)(O)OCCN. The molecule has 0 spiro atoms. The van der Waals surface area contributed by atoms with E-state index in [4.69, 9.17) is 24.3 Å². The molecule has 518 valence electrons. The predicted molar refractivity (Wildman–Crippen MR) is 386 cm³/mol. The van der Waals surface area contributed by atoms with Gasteiger partial charge in [0.25, 0.3) is 0 Å². The van der Waals surface area contributed by atoms with Crippen molar-refractivity contribution in [3.63, 3.8) is 0 Å². The van der Waals surface area contributed by atoms with Crippen LogP contribution in [0.4, 0.5) is 0 Å². The average molecular weight is 1270 g/mol. The number of phosphoric ester groups is 1. The predicted octanol–water partition coefficient (Wildman–Crippen LogP) is 25.3. The van der Waals surface area contributed by atoms with Crippen molar-refractivity contribution in [1.82, 2.24) is 0 Å². The minimum absolute atomic E-state index is 0.0533. The van der Waals surface area contributed by atoms with Gasteiger partial charge >= 0.3 is 19.8 Å². The lowest BCUT2D eigenvalue weighted by Gasteiger charge is -2.19. The van der Waals surface area contributed by atoms with Crippen molar-refractivity contribution in [2.24, 2.45) is 5.73 Å². The minimum Gasteiger partial charge on any atom is -0.462 e. The lowest BCUT2D eigenvalue weighted by molar-refractivity contribution is -0.161. The van der Waals surface area contributed by atoms with E-state index >= 15 is 0 Å². The minimum atomic E-state index is -4.40. The average Bonchev–Trinajstić information content (AvgIpc) is 3.68. The lowest BCUT2D eigenvalue weighted by Crippen LogP contribution is -2.29. The molecule has 0 saturated heterocycles. The molecule has 0 amide bonds. The monoisotopic (exact) mass is 1270 g/mol. The number of hydrogen-bond acceptors (Lipinski definition) is 8. The van der Waals surface area contributed by atoms with E-state index in [9.17, 15) is 19.0 Å². The van der Waals surface area contributed by atoms with Gasteiger partial charge in [-0.3, -0.25) is 18.6 Å². The van der Waals surface area contributed by atoms with E-state index < -0.39 is 26.5 Å². The molecule has 0 aliphatic heterocycles. The molecule has 0 heterocycles. The zero-order valence-corrected chi connectivity index (χ0v) is 59.3. The molecule has 2 atom stereocenters. The molecular weight excluding hydrogens is 1120 g/mol. The standard InChI is InChI=1S/C79H144NO8P/c1-3-5-7-9-11-13-15-17-19-21-23-25-27-29-31-33-35-36-37-38-39-40-42-44-46-48-50-52-54-56-58-60-62-64-66-68-70-72-79(82)88-77(76-87-89(83,84)86-74-73-80)75-85-78(81)71-69-67-65-63-61-59-57-55-53-51-49-47-45-43-41-34-32-30-28-26-24-22-20-18-16-14-12-10-8-6-4-2/h5,7,11,13,17,19,23,25,29,31,35-36,38-39,77H,3-4,6,8-10,12,14-16,18,20-22,24,26-28,30,32-34,37,40-76,80H2,1-2H3,(H,83,84)/b7-5-,13-11-,19-17-,25-23-,31-29-,36-35-,39-38-. The van der Waals surface area contributed by atoms with E-state index in [1.165, 1.54) is 257 Å². The Kier molecular flexibility index (Phi) is 71.9. The normalized spacial score (nSPS) is 13.3. The first-order chi connectivity index (χ1) is 43.8. The van der Waals surface area contributed by atoms with Crippen molar-refractivity contribution < 1.29 is 37.6 Å². The number of ether oxygens (including phenoxy) is 2. The van der Waals surface area contributed by atoms with Crippen LogP contribution in [0, 0.1) is 0 Å². The van der Waals surface area contributed by atoms with Gasteiger partial charge < -0.3 is 20.1 Å². The van der Waals surface area contributed by atoms with Crippen LogP contribution in [0.1, 0.15) is 373 Å². The number of phosphoric acid groups is 1. The number of nitrogens with two attached hydrogens (primary N) is 1. The highest BCUT2D eigenvalue weighted by Crippen LogP contribution is 2.43. The Morgan fingerprint density at radius 1 is 0.348 bits per heavy atom. The first-order valence-corrected chi connectivity index (χ1v) is 39.6. The maximum atomic E-state index is 12.8. The van der Waals surface area contributed by atoms with Crippen molar-refractivity contribution >= 4 is 19.8 Å². The molecule has 3 N–H and O–H groups in total. The van der Waals surface area contributed by atoms with Gasteiger partial charge in [-0.15, -0.1) is 0 Å². The van der Waals surface area contributed by atoms with Crippen LogP contribution in [0.25, 0.3) is 0 Å². The van der Waals surface area contributed by atoms with Crippen LogP contribution in [-0.2, 0) is 32.7 Å². The van der Waals surface area contributed by atoms with E-state index in [0.717, 1.165) is 83.5 Å². The molecule has 0 saturated carbocycles. The quantitative estimate of drug-likeness (QED) is 0.0264. The Hall–Kier alpha value is -2.81. The number of carbonyl (C=O) groups is 2. The first-order valence-electron chi connectivity index (χ1n) is 38.1. The van der Waals surface area contributed by atoms with Crippen LogP contribution in [0.15, 0.2) is 85.1 Å². The lowest BCUT2D eigenvalue weighted by atomic mass is 10.0. The highest BCUT2D eigenvalue weighted by Gasteiger charge is 2.26. The number of esters is 2. The second-order valence-corrected chi connectivity index (χ2v) is 27.0. The van der Waals surface area contributed by atoms with Gasteiger partial charge in [0.1, 0.15) is 6.61 Å². The van der Waals surface area contributed by atoms with Crippen molar-refractivity contribution in [3.8, 4) is 0 Å². The zero-order chi connectivity index (χ0) is 64.4. The van der Waals surface area contributed by atoms with Crippen LogP contribution in [0.2, 0.25) is 0 Å². The molecule has 0 fully saturated rings. The summed E-state index contributed by atoms with van der Waals surface area (Å²) < 4.78 is 33.3. The Labute approximate surface area is 551 Å². The fraction of sp³-hybridized carbons (Fsp3) is 0.797. The number of hydrogen-bond donors (Lipinski definition) is 2. The molecule has 0 aromatic heterocycles. The molecule has 0 radical (unpaired) electrons. The number of rotatable bonds is 72. The summed E-state index contributed by atoms with van der Waals surface area (Å²) in [7, 11) is -4.40. The van der Waals surface area contributed by atoms with E-state index in [0.29, 0.717) is 6.42 Å². The van der Waals surface area contributed by atoms with Crippen LogP contribution in [-0.4, -0.2) is 49.3 Å². The number of unbranched alkanes of at least 4 members (excludes halogenated alkanes) is 45. The second kappa shape index (κ2) is 74.2. The molecule has 0 aromatic carbocycles. The van der Waals surface area contributed by atoms with Crippen LogP contribution >= 0.6 is 7.82 Å². The van der Waals surface area contributed by atoms with Gasteiger partial charge in [0, 0.05) is 19.4 Å². The summed E-state index contributed by atoms with van der Waals surface area (Å²) in [4.78, 5) is 35.4. The molecule has 9 nitrogen and oxygen atoms in total. The van der Waals surface area contributed by atoms with Crippen LogP contribution in [0.5, 0.6) is 0 Å². The van der Waals surface area contributed by atoms with Gasteiger partial charge in [0.15, 0.2) is 6.10 Å². The summed E-state index contributed by atoms with van der Waals surface area (Å²) in [6.07, 6.45) is 99.9. The summed E-state index contributed by atoms with van der Waals surface area (Å²) in [6, 6.07) is 0. The molecule has 10 heteroatoms. The van der Waals surface area contributed by atoms with Crippen molar-refractivity contribution in [2.75, 3.05) is 26.4 Å². The molecular formula is C79H144NO8P. The third kappa shape index (κ3) is 74.1. The third-order valence-electron chi connectivity index (χ3n) is 16.8. The van der Waals surface area contributed by atoms with Gasteiger partial charge in [-0.25, -0.2) is 4.57 Å². The molecule has 89 heavy (non-hydrogen) atoms. The van der Waals surface area contributed by atoms with E-state index in [2.05, 4.69) is 98.9 Å². The van der Waals surface area contributed by atoms with Gasteiger partial charge in [0.05, 0.1) is 13.2 Å². The summed E-state index contributed by atoms with van der Waals surface area (Å²) in [5, 5.41) is 0. The Morgan fingerprint density at radius 3 is 0.921 bits per heavy atom. The zero-order valence-electron chi connectivity index (χ0n) is 58.4. The molecule has 2 unspecified atom stereocenters. The second-order valence-electron chi connectivity index (χ2n) is 25.5. The largest absolute Gasteiger partial charge is 0.472 e. The van der Waals surface area contributed by atoms with Gasteiger partial charge in [0.2, 0.25) is 0 Å². The van der Waals surface area contributed by atoms with E-state index in [1.54, 1.807) is 0 Å². The summed E-state index contributed by atoms with van der Waals surface area (Å²) >= 11 is 0. The molecule has 0 bridgehead atoms. The number of carbonyl (C=O) groups excluding carboxylic acids is 2. The number of allylic oxidation sites excluding steroid dienone is 14. The molecule has 0 aromatic rings. The Bertz CT molecular complexity index is 1740. The fourth-order valence-electron chi connectivity index (χ4n) is 11.2. The highest BCUT2D eigenvalue weighted by molar-refractivity contribution is 7.47. The van der Waals surface area contributed by atoms with Crippen LogP contribution < -0.4 is 5.73 Å². The third-order valence-corrected chi connectivity index (χ3v) is 17.8. The Morgan fingerprint density at radius 2 is 0.618 bits per heavy atom. The first kappa shape index (κ1) is 86.2. The Balaban J connectivity index is 3.82. The van der Waals surface area contributed by atoms with E-state index in [-0.39, 0.29) is 38.6 Å². The van der Waals surface area contributed by atoms with Crippen molar-refractivity contribution in [2.45, 2.75) is 380 Å². The summed E-state index contributed by atoms with van der Waals surface area (Å²) in [6.45, 7) is 3.69. The molecule has 0 aliphatic rings. The van der Waals surface area contributed by atoms with Crippen LogP contribution in [0.3, 0.4) is 0 Å². The van der Waals surface area contributed by atoms with Crippen molar-refractivity contribution in [1.29, 1.82) is 0 Å². The van der Waals surface area contributed by atoms with Gasteiger partial charge in [-0.05, 0) is 70.6 Å². The smallest absolute Gasteiger partial charge is 0.462 e. The fourth-order valence-corrected chi connectivity index (χ4v) is 12.0.